The standard InChI is InChI=1S/C25H44N2O2S/c1-18(2)27(11)29-24(7,8)17-22(3,4)19-12-14-20(15-13-19)26-21(28)16-23(5,6)25(9,10)30/h12-15,18,30H,16-17H2,1-11H3,(H,26,28). The zero-order chi connectivity index (χ0) is 23.5. The highest BCUT2D eigenvalue weighted by Gasteiger charge is 2.36. The third-order valence-corrected chi connectivity index (χ3v) is 6.80. The molecule has 0 unspecified atom stereocenters. The molecule has 0 atom stereocenters. The monoisotopic (exact) mass is 436 g/mol. The van der Waals surface area contributed by atoms with Crippen molar-refractivity contribution in [2.75, 3.05) is 12.4 Å². The number of hydroxylamine groups is 2. The van der Waals surface area contributed by atoms with Crippen LogP contribution in [0.2, 0.25) is 0 Å². The van der Waals surface area contributed by atoms with Gasteiger partial charge in [-0.25, -0.2) is 0 Å². The molecule has 0 aromatic heterocycles. The summed E-state index contributed by atoms with van der Waals surface area (Å²) in [4.78, 5) is 18.7. The Morgan fingerprint density at radius 1 is 1.03 bits per heavy atom. The lowest BCUT2D eigenvalue weighted by atomic mass is 9.76. The molecule has 0 aliphatic carbocycles. The number of nitrogens with one attached hydrogen (secondary N) is 1. The van der Waals surface area contributed by atoms with Crippen LogP contribution >= 0.6 is 12.6 Å². The van der Waals surface area contributed by atoms with Crippen LogP contribution in [0.15, 0.2) is 24.3 Å². The minimum atomic E-state index is -0.291. The van der Waals surface area contributed by atoms with E-state index in [-0.39, 0.29) is 27.1 Å². The fourth-order valence-electron chi connectivity index (χ4n) is 3.52. The number of nitrogens with zero attached hydrogens (tertiary/aromatic N) is 1. The quantitative estimate of drug-likeness (QED) is 0.326. The third kappa shape index (κ3) is 7.90. The average Bonchev–Trinajstić information content (AvgIpc) is 2.51. The molecule has 1 aromatic carbocycles. The smallest absolute Gasteiger partial charge is 0.224 e. The molecule has 0 fully saturated rings. The summed E-state index contributed by atoms with van der Waals surface area (Å²) in [5.74, 6) is 0.0143. The lowest BCUT2D eigenvalue weighted by molar-refractivity contribution is -0.241. The van der Waals surface area contributed by atoms with Gasteiger partial charge in [-0.15, -0.1) is 0 Å². The van der Waals surface area contributed by atoms with E-state index in [1.807, 2.05) is 38.1 Å². The Labute approximate surface area is 190 Å². The van der Waals surface area contributed by atoms with E-state index in [2.05, 4.69) is 85.5 Å². The fourth-order valence-corrected chi connectivity index (χ4v) is 3.60. The van der Waals surface area contributed by atoms with Crippen molar-refractivity contribution < 1.29 is 9.63 Å². The van der Waals surface area contributed by atoms with Crippen molar-refractivity contribution in [3.63, 3.8) is 0 Å². The van der Waals surface area contributed by atoms with E-state index >= 15 is 0 Å². The zero-order valence-corrected chi connectivity index (χ0v) is 21.9. The molecule has 172 valence electrons. The zero-order valence-electron chi connectivity index (χ0n) is 21.0. The Morgan fingerprint density at radius 2 is 1.53 bits per heavy atom. The lowest BCUT2D eigenvalue weighted by Gasteiger charge is -2.38. The summed E-state index contributed by atoms with van der Waals surface area (Å²) in [6.07, 6.45) is 1.29. The summed E-state index contributed by atoms with van der Waals surface area (Å²) in [6.45, 7) is 21.2. The van der Waals surface area contributed by atoms with Crippen LogP contribution in [-0.4, -0.2) is 34.4 Å². The predicted octanol–water partition coefficient (Wildman–Crippen LogP) is 6.47. The van der Waals surface area contributed by atoms with Crippen LogP contribution in [0.4, 0.5) is 5.69 Å². The highest BCUT2D eigenvalue weighted by atomic mass is 32.1. The first kappa shape index (κ1) is 27.0. The summed E-state index contributed by atoms with van der Waals surface area (Å²) < 4.78 is -0.239. The molecule has 1 aromatic rings. The molecule has 30 heavy (non-hydrogen) atoms. The summed E-state index contributed by atoms with van der Waals surface area (Å²) in [6, 6.07) is 8.51. The molecule has 0 aliphatic heterocycles. The summed E-state index contributed by atoms with van der Waals surface area (Å²) in [7, 11) is 1.98. The van der Waals surface area contributed by atoms with Gasteiger partial charge >= 0.3 is 0 Å². The van der Waals surface area contributed by atoms with Gasteiger partial charge in [0, 0.05) is 29.9 Å². The second-order valence-corrected chi connectivity index (χ2v) is 12.4. The van der Waals surface area contributed by atoms with Gasteiger partial charge in [0.15, 0.2) is 0 Å². The minimum Gasteiger partial charge on any atom is -0.326 e. The molecule has 4 nitrogen and oxygen atoms in total. The summed E-state index contributed by atoms with van der Waals surface area (Å²) >= 11 is 4.65. The first-order valence-corrected chi connectivity index (χ1v) is 11.4. The Morgan fingerprint density at radius 3 is 1.97 bits per heavy atom. The molecule has 1 amide bonds. The van der Waals surface area contributed by atoms with E-state index in [0.717, 1.165) is 12.1 Å². The van der Waals surface area contributed by atoms with Crippen LogP contribution in [0.25, 0.3) is 0 Å². The molecular weight excluding hydrogens is 392 g/mol. The van der Waals surface area contributed by atoms with Crippen molar-refractivity contribution in [2.24, 2.45) is 5.41 Å². The van der Waals surface area contributed by atoms with E-state index in [1.54, 1.807) is 0 Å². The van der Waals surface area contributed by atoms with Gasteiger partial charge in [0.1, 0.15) is 0 Å². The molecule has 0 saturated heterocycles. The number of hydrogen-bond acceptors (Lipinski definition) is 4. The number of carbonyl (C=O) groups is 1. The normalized spacial score (nSPS) is 13.8. The number of rotatable bonds is 10. The number of thiol groups is 1. The second kappa shape index (κ2) is 9.62. The maximum Gasteiger partial charge on any atom is 0.224 e. The predicted molar refractivity (Wildman–Crippen MR) is 132 cm³/mol. The third-order valence-electron chi connectivity index (χ3n) is 6.19. The molecule has 0 saturated carbocycles. The van der Waals surface area contributed by atoms with Gasteiger partial charge in [-0.05, 0) is 62.6 Å². The average molecular weight is 437 g/mol. The first-order valence-electron chi connectivity index (χ1n) is 10.9. The van der Waals surface area contributed by atoms with Gasteiger partial charge in [-0.1, -0.05) is 53.7 Å². The number of hydrogen-bond donors (Lipinski definition) is 2. The van der Waals surface area contributed by atoms with Crippen molar-refractivity contribution in [3.8, 4) is 0 Å². The topological polar surface area (TPSA) is 41.6 Å². The molecule has 0 radical (unpaired) electrons. The molecule has 0 heterocycles. The molecule has 5 heteroatoms. The number of anilines is 1. The van der Waals surface area contributed by atoms with Gasteiger partial charge < -0.3 is 5.32 Å². The van der Waals surface area contributed by atoms with Crippen LogP contribution in [0.3, 0.4) is 0 Å². The SMILES string of the molecule is CC(C)N(C)OC(C)(C)CC(C)(C)c1ccc(NC(=O)CC(C)(C)C(C)(C)S)cc1. The Balaban J connectivity index is 2.82. The van der Waals surface area contributed by atoms with Crippen molar-refractivity contribution >= 4 is 24.2 Å². The number of amides is 1. The van der Waals surface area contributed by atoms with Crippen molar-refractivity contribution in [2.45, 2.75) is 104 Å². The lowest BCUT2D eigenvalue weighted by Crippen LogP contribution is -2.41. The summed E-state index contributed by atoms with van der Waals surface area (Å²) in [5, 5.41) is 4.95. The van der Waals surface area contributed by atoms with Gasteiger partial charge in [-0.2, -0.15) is 17.7 Å². The fraction of sp³-hybridized carbons (Fsp3) is 0.720. The Hall–Kier alpha value is -1.04. The van der Waals surface area contributed by atoms with Crippen LogP contribution < -0.4 is 5.32 Å². The maximum absolute atomic E-state index is 12.5. The highest BCUT2D eigenvalue weighted by molar-refractivity contribution is 7.81. The van der Waals surface area contributed by atoms with Crippen LogP contribution in [0.5, 0.6) is 0 Å². The highest BCUT2D eigenvalue weighted by Crippen LogP contribution is 2.39. The Kier molecular flexibility index (Phi) is 8.66. The molecule has 0 aliphatic rings. The summed E-state index contributed by atoms with van der Waals surface area (Å²) in [5.41, 5.74) is 1.47. The molecule has 0 spiro atoms. The van der Waals surface area contributed by atoms with Crippen LogP contribution in [0, 0.1) is 5.41 Å². The van der Waals surface area contributed by atoms with E-state index < -0.39 is 0 Å². The van der Waals surface area contributed by atoms with E-state index in [4.69, 9.17) is 4.84 Å². The van der Waals surface area contributed by atoms with Crippen LogP contribution in [-0.2, 0) is 15.0 Å². The van der Waals surface area contributed by atoms with Gasteiger partial charge in [0.05, 0.1) is 5.60 Å². The maximum atomic E-state index is 12.5. The van der Waals surface area contributed by atoms with Crippen molar-refractivity contribution in [1.29, 1.82) is 0 Å². The number of benzene rings is 1. The van der Waals surface area contributed by atoms with Crippen molar-refractivity contribution in [3.05, 3.63) is 29.8 Å². The van der Waals surface area contributed by atoms with Gasteiger partial charge in [0.2, 0.25) is 5.91 Å². The molecular formula is C25H44N2O2S. The molecule has 1 N–H and O–H groups in total. The second-order valence-electron chi connectivity index (χ2n) is 11.3. The van der Waals surface area contributed by atoms with Crippen molar-refractivity contribution in [1.82, 2.24) is 5.06 Å². The largest absolute Gasteiger partial charge is 0.326 e. The van der Waals surface area contributed by atoms with Gasteiger partial charge in [-0.3, -0.25) is 9.63 Å². The first-order chi connectivity index (χ1) is 13.4. The number of carbonyl (C=O) groups excluding carboxylic acids is 1. The van der Waals surface area contributed by atoms with Gasteiger partial charge in [0.25, 0.3) is 0 Å². The Bertz CT molecular complexity index is 701. The van der Waals surface area contributed by atoms with E-state index in [1.165, 1.54) is 5.56 Å². The molecule has 0 bridgehead atoms. The van der Waals surface area contributed by atoms with E-state index in [0.29, 0.717) is 12.5 Å². The van der Waals surface area contributed by atoms with E-state index in [9.17, 15) is 4.79 Å². The molecule has 1 rings (SSSR count). The minimum absolute atomic E-state index is 0.0143. The van der Waals surface area contributed by atoms with Crippen LogP contribution in [0.1, 0.15) is 87.6 Å².